The van der Waals surface area contributed by atoms with Gasteiger partial charge in [0.25, 0.3) is 0 Å². The van der Waals surface area contributed by atoms with E-state index in [0.29, 0.717) is 6.61 Å². The smallest absolute Gasteiger partial charge is 0.190 e. The van der Waals surface area contributed by atoms with Crippen LogP contribution in [0.15, 0.2) is 29.3 Å². The average molecular weight is 391 g/mol. The molecule has 4 nitrogen and oxygen atoms in total. The lowest BCUT2D eigenvalue weighted by Gasteiger charge is -2.11. The van der Waals surface area contributed by atoms with Gasteiger partial charge >= 0.3 is 0 Å². The van der Waals surface area contributed by atoms with Gasteiger partial charge in [-0.15, -0.1) is 24.0 Å². The van der Waals surface area contributed by atoms with Crippen LogP contribution in [0.4, 0.5) is 0 Å². The van der Waals surface area contributed by atoms with Crippen molar-refractivity contribution in [3.63, 3.8) is 0 Å². The number of hydrogen-bond donors (Lipinski definition) is 2. The van der Waals surface area contributed by atoms with Gasteiger partial charge in [0.05, 0.1) is 6.61 Å². The fourth-order valence-corrected chi connectivity index (χ4v) is 1.57. The van der Waals surface area contributed by atoms with Gasteiger partial charge in [0.1, 0.15) is 5.75 Å². The van der Waals surface area contributed by atoms with Crippen LogP contribution in [-0.4, -0.2) is 32.7 Å². The molecule has 0 aliphatic carbocycles. The van der Waals surface area contributed by atoms with E-state index in [-0.39, 0.29) is 24.0 Å². The van der Waals surface area contributed by atoms with Crippen molar-refractivity contribution < 1.29 is 4.74 Å². The van der Waals surface area contributed by atoms with Gasteiger partial charge in [-0.05, 0) is 31.9 Å². The Morgan fingerprint density at radius 2 is 1.80 bits per heavy atom. The maximum absolute atomic E-state index is 5.66. The van der Waals surface area contributed by atoms with E-state index in [1.54, 1.807) is 7.05 Å². The molecule has 1 aromatic rings. The molecule has 0 fully saturated rings. The monoisotopic (exact) mass is 391 g/mol. The summed E-state index contributed by atoms with van der Waals surface area (Å²) < 4.78 is 5.66. The molecule has 1 aromatic carbocycles. The van der Waals surface area contributed by atoms with Gasteiger partial charge in [0, 0.05) is 20.1 Å². The highest BCUT2D eigenvalue weighted by Gasteiger charge is 1.96. The van der Waals surface area contributed by atoms with Crippen LogP contribution in [0, 0.1) is 6.92 Å². The number of ether oxygens (including phenoxy) is 1. The van der Waals surface area contributed by atoms with Crippen LogP contribution in [0.1, 0.15) is 25.3 Å². The van der Waals surface area contributed by atoms with Crippen LogP contribution in [0.3, 0.4) is 0 Å². The number of nitrogens with one attached hydrogen (secondary N) is 2. The molecule has 0 radical (unpaired) electrons. The van der Waals surface area contributed by atoms with Crippen molar-refractivity contribution in [2.45, 2.75) is 26.7 Å². The molecule has 20 heavy (non-hydrogen) atoms. The van der Waals surface area contributed by atoms with Crippen molar-refractivity contribution in [2.24, 2.45) is 4.99 Å². The molecule has 0 unspecified atom stereocenters. The van der Waals surface area contributed by atoms with Crippen LogP contribution in [0.5, 0.6) is 5.75 Å². The highest BCUT2D eigenvalue weighted by molar-refractivity contribution is 14.0. The molecule has 0 bridgehead atoms. The Hall–Kier alpha value is -0.980. The van der Waals surface area contributed by atoms with E-state index in [1.807, 2.05) is 12.1 Å². The van der Waals surface area contributed by atoms with Crippen LogP contribution in [0.25, 0.3) is 0 Å². The predicted molar refractivity (Wildman–Crippen MR) is 96.4 cm³/mol. The number of halogens is 1. The van der Waals surface area contributed by atoms with Crippen LogP contribution >= 0.6 is 24.0 Å². The second-order valence-electron chi connectivity index (χ2n) is 4.44. The van der Waals surface area contributed by atoms with Crippen LogP contribution < -0.4 is 15.4 Å². The van der Waals surface area contributed by atoms with Crippen molar-refractivity contribution in [3.8, 4) is 5.75 Å². The lowest BCUT2D eigenvalue weighted by atomic mass is 10.2. The number of guanidine groups is 1. The van der Waals surface area contributed by atoms with Gasteiger partial charge in [-0.1, -0.05) is 24.6 Å². The van der Waals surface area contributed by atoms with E-state index < -0.39 is 0 Å². The Balaban J connectivity index is 0.00000361. The van der Waals surface area contributed by atoms with Crippen molar-refractivity contribution in [2.75, 3.05) is 26.7 Å². The zero-order chi connectivity index (χ0) is 13.9. The number of benzene rings is 1. The normalized spacial score (nSPS) is 10.7. The first kappa shape index (κ1) is 19.0. The first-order valence-electron chi connectivity index (χ1n) is 6.90. The van der Waals surface area contributed by atoms with Gasteiger partial charge in [-0.3, -0.25) is 4.99 Å². The van der Waals surface area contributed by atoms with Crippen LogP contribution in [-0.2, 0) is 0 Å². The molecule has 0 spiro atoms. The number of nitrogens with zero attached hydrogens (tertiary/aromatic N) is 1. The summed E-state index contributed by atoms with van der Waals surface area (Å²) >= 11 is 0. The quantitative estimate of drug-likeness (QED) is 0.325. The summed E-state index contributed by atoms with van der Waals surface area (Å²) in [6, 6.07) is 8.13. The minimum absolute atomic E-state index is 0. The molecule has 114 valence electrons. The van der Waals surface area contributed by atoms with Gasteiger partial charge in [0.15, 0.2) is 5.96 Å². The van der Waals surface area contributed by atoms with Crippen molar-refractivity contribution in [3.05, 3.63) is 29.8 Å². The zero-order valence-electron chi connectivity index (χ0n) is 12.6. The Bertz CT molecular complexity index is 379. The molecule has 0 aliphatic rings. The third kappa shape index (κ3) is 8.24. The topological polar surface area (TPSA) is 45.7 Å². The molecule has 0 saturated carbocycles. The van der Waals surface area contributed by atoms with E-state index in [2.05, 4.69) is 41.6 Å². The van der Waals surface area contributed by atoms with Gasteiger partial charge in [-0.25, -0.2) is 0 Å². The molecule has 5 heteroatoms. The molecular weight excluding hydrogens is 365 g/mol. The van der Waals surface area contributed by atoms with Gasteiger partial charge < -0.3 is 15.4 Å². The summed E-state index contributed by atoms with van der Waals surface area (Å²) in [5, 5.41) is 6.49. The Morgan fingerprint density at radius 3 is 2.40 bits per heavy atom. The molecule has 0 saturated heterocycles. The maximum atomic E-state index is 5.66. The molecule has 0 atom stereocenters. The lowest BCUT2D eigenvalue weighted by molar-refractivity contribution is 0.311. The third-order valence-electron chi connectivity index (χ3n) is 2.67. The predicted octanol–water partition coefficient (Wildman–Crippen LogP) is 2.96. The van der Waals surface area contributed by atoms with Crippen molar-refractivity contribution in [1.29, 1.82) is 0 Å². The second kappa shape index (κ2) is 11.8. The fourth-order valence-electron chi connectivity index (χ4n) is 1.57. The van der Waals surface area contributed by atoms with Gasteiger partial charge in [-0.2, -0.15) is 0 Å². The van der Waals surface area contributed by atoms with Crippen molar-refractivity contribution in [1.82, 2.24) is 10.6 Å². The Labute approximate surface area is 139 Å². The van der Waals surface area contributed by atoms with Crippen LogP contribution in [0.2, 0.25) is 0 Å². The summed E-state index contributed by atoms with van der Waals surface area (Å²) in [5.74, 6) is 1.79. The number of hydrogen-bond acceptors (Lipinski definition) is 2. The summed E-state index contributed by atoms with van der Waals surface area (Å²) in [5.41, 5.74) is 1.25. The summed E-state index contributed by atoms with van der Waals surface area (Å²) in [4.78, 5) is 4.14. The van der Waals surface area contributed by atoms with E-state index in [4.69, 9.17) is 4.74 Å². The number of aryl methyl sites for hydroxylation is 1. The van der Waals surface area contributed by atoms with Gasteiger partial charge in [0.2, 0.25) is 0 Å². The molecule has 0 heterocycles. The fraction of sp³-hybridized carbons (Fsp3) is 0.533. The zero-order valence-corrected chi connectivity index (χ0v) is 14.9. The Kier molecular flexibility index (Phi) is 11.2. The molecule has 0 aromatic heterocycles. The van der Waals surface area contributed by atoms with Crippen molar-refractivity contribution >= 4 is 29.9 Å². The molecule has 1 rings (SSSR count). The Morgan fingerprint density at radius 1 is 1.15 bits per heavy atom. The van der Waals surface area contributed by atoms with E-state index >= 15 is 0 Å². The summed E-state index contributed by atoms with van der Waals surface area (Å²) in [7, 11) is 1.79. The molecule has 2 N–H and O–H groups in total. The molecule has 0 aliphatic heterocycles. The largest absolute Gasteiger partial charge is 0.494 e. The summed E-state index contributed by atoms with van der Waals surface area (Å²) in [6.07, 6.45) is 2.04. The third-order valence-corrected chi connectivity index (χ3v) is 2.67. The molecular formula is C15H26IN3O. The maximum Gasteiger partial charge on any atom is 0.190 e. The highest BCUT2D eigenvalue weighted by Crippen LogP contribution is 2.11. The SMILES string of the molecule is CCCNC(=NC)NCCCOc1ccc(C)cc1.I. The van der Waals surface area contributed by atoms with E-state index in [9.17, 15) is 0 Å². The first-order valence-corrected chi connectivity index (χ1v) is 6.90. The first-order chi connectivity index (χ1) is 9.26. The lowest BCUT2D eigenvalue weighted by Crippen LogP contribution is -2.38. The minimum atomic E-state index is 0. The summed E-state index contributed by atoms with van der Waals surface area (Å²) in [6.45, 7) is 6.72. The van der Waals surface area contributed by atoms with E-state index in [1.165, 1.54) is 5.56 Å². The van der Waals surface area contributed by atoms with E-state index in [0.717, 1.165) is 37.6 Å². The second-order valence-corrected chi connectivity index (χ2v) is 4.44. The minimum Gasteiger partial charge on any atom is -0.494 e. The highest BCUT2D eigenvalue weighted by atomic mass is 127. The average Bonchev–Trinajstić information content (AvgIpc) is 2.44. The number of aliphatic imine (C=N–C) groups is 1. The standard InChI is InChI=1S/C15H25N3O.HI/c1-4-10-17-15(16-3)18-11-5-12-19-14-8-6-13(2)7-9-14;/h6-9H,4-5,10-12H2,1-3H3,(H2,16,17,18);1H. The molecule has 0 amide bonds. The number of rotatable bonds is 7.